The maximum Gasteiger partial charge on any atom is 0.341 e. The molecule has 5 nitrogen and oxygen atoms in total. The van der Waals surface area contributed by atoms with E-state index in [1.807, 2.05) is 0 Å². The standard InChI is InChI=1S/C13H20N2O3/c1-9-5-10(6-14)7-15(9)8-12-11(3-4-18-12)13(16)17-2/h3-4,9-10H,5-8,14H2,1-2H3. The molecule has 1 aliphatic rings. The Morgan fingerprint density at radius 1 is 1.67 bits per heavy atom. The Morgan fingerprint density at radius 2 is 2.44 bits per heavy atom. The lowest BCUT2D eigenvalue weighted by Gasteiger charge is -2.19. The van der Waals surface area contributed by atoms with Crippen molar-refractivity contribution in [2.45, 2.75) is 25.9 Å². The Balaban J connectivity index is 2.06. The van der Waals surface area contributed by atoms with Gasteiger partial charge < -0.3 is 14.9 Å². The Kier molecular flexibility index (Phi) is 4.04. The summed E-state index contributed by atoms with van der Waals surface area (Å²) >= 11 is 0. The number of likely N-dealkylation sites (tertiary alicyclic amines) is 1. The lowest BCUT2D eigenvalue weighted by atomic mass is 10.1. The number of hydrogen-bond acceptors (Lipinski definition) is 5. The van der Waals surface area contributed by atoms with E-state index in [0.717, 1.165) is 13.0 Å². The number of methoxy groups -OCH3 is 1. The van der Waals surface area contributed by atoms with Gasteiger partial charge in [0, 0.05) is 12.6 Å². The third-order valence-electron chi connectivity index (χ3n) is 3.62. The second-order valence-electron chi connectivity index (χ2n) is 4.86. The largest absolute Gasteiger partial charge is 0.467 e. The van der Waals surface area contributed by atoms with Crippen molar-refractivity contribution in [2.24, 2.45) is 11.7 Å². The molecule has 2 unspecified atom stereocenters. The van der Waals surface area contributed by atoms with Gasteiger partial charge in [0.05, 0.1) is 19.9 Å². The number of ether oxygens (including phenoxy) is 1. The van der Waals surface area contributed by atoms with E-state index in [9.17, 15) is 4.79 Å². The molecule has 1 fully saturated rings. The van der Waals surface area contributed by atoms with E-state index in [-0.39, 0.29) is 5.97 Å². The van der Waals surface area contributed by atoms with E-state index in [4.69, 9.17) is 14.9 Å². The van der Waals surface area contributed by atoms with Gasteiger partial charge in [-0.05, 0) is 31.9 Å². The van der Waals surface area contributed by atoms with Crippen LogP contribution in [-0.4, -0.2) is 37.1 Å². The molecule has 2 rings (SSSR count). The van der Waals surface area contributed by atoms with Gasteiger partial charge in [-0.2, -0.15) is 0 Å². The van der Waals surface area contributed by atoms with Gasteiger partial charge >= 0.3 is 5.97 Å². The summed E-state index contributed by atoms with van der Waals surface area (Å²) in [5.41, 5.74) is 6.22. The molecule has 0 aromatic carbocycles. The Labute approximate surface area is 107 Å². The first-order valence-electron chi connectivity index (χ1n) is 6.24. The molecular formula is C13H20N2O3. The van der Waals surface area contributed by atoms with Crippen LogP contribution >= 0.6 is 0 Å². The lowest BCUT2D eigenvalue weighted by Crippen LogP contribution is -2.27. The fourth-order valence-electron chi connectivity index (χ4n) is 2.55. The number of nitrogens with two attached hydrogens (primary N) is 1. The first kappa shape index (κ1) is 13.1. The summed E-state index contributed by atoms with van der Waals surface area (Å²) in [4.78, 5) is 13.8. The molecule has 0 radical (unpaired) electrons. The number of nitrogens with zero attached hydrogens (tertiary/aromatic N) is 1. The molecule has 1 aliphatic heterocycles. The van der Waals surface area contributed by atoms with Crippen molar-refractivity contribution in [3.63, 3.8) is 0 Å². The maximum absolute atomic E-state index is 11.6. The van der Waals surface area contributed by atoms with Crippen LogP contribution in [0.3, 0.4) is 0 Å². The number of carbonyl (C=O) groups excluding carboxylic acids is 1. The zero-order chi connectivity index (χ0) is 13.1. The molecule has 100 valence electrons. The molecule has 18 heavy (non-hydrogen) atoms. The van der Waals surface area contributed by atoms with E-state index in [1.54, 1.807) is 6.07 Å². The summed E-state index contributed by atoms with van der Waals surface area (Å²) in [5, 5.41) is 0. The van der Waals surface area contributed by atoms with Crippen molar-refractivity contribution in [2.75, 3.05) is 20.2 Å². The minimum absolute atomic E-state index is 0.346. The van der Waals surface area contributed by atoms with Crippen LogP contribution in [0.4, 0.5) is 0 Å². The van der Waals surface area contributed by atoms with Gasteiger partial charge in [0.1, 0.15) is 11.3 Å². The Morgan fingerprint density at radius 3 is 3.06 bits per heavy atom. The van der Waals surface area contributed by atoms with Crippen LogP contribution in [0.25, 0.3) is 0 Å². The Hall–Kier alpha value is -1.33. The molecule has 1 aromatic rings. The number of hydrogen-bond donors (Lipinski definition) is 1. The van der Waals surface area contributed by atoms with Crippen molar-refractivity contribution < 1.29 is 13.9 Å². The molecule has 2 atom stereocenters. The summed E-state index contributed by atoms with van der Waals surface area (Å²) in [7, 11) is 1.38. The highest BCUT2D eigenvalue weighted by Gasteiger charge is 2.29. The molecular weight excluding hydrogens is 232 g/mol. The predicted octanol–water partition coefficient (Wildman–Crippen LogP) is 1.24. The average molecular weight is 252 g/mol. The first-order valence-corrected chi connectivity index (χ1v) is 6.24. The summed E-state index contributed by atoms with van der Waals surface area (Å²) in [6.45, 7) is 4.48. The molecule has 2 heterocycles. The number of furan rings is 1. The maximum atomic E-state index is 11.6. The summed E-state index contributed by atoms with van der Waals surface area (Å²) < 4.78 is 10.1. The molecule has 1 aromatic heterocycles. The van der Waals surface area contributed by atoms with Gasteiger partial charge in [-0.1, -0.05) is 0 Å². The highest BCUT2D eigenvalue weighted by molar-refractivity contribution is 5.90. The van der Waals surface area contributed by atoms with Crippen LogP contribution in [0.15, 0.2) is 16.7 Å². The van der Waals surface area contributed by atoms with Gasteiger partial charge in [0.15, 0.2) is 0 Å². The second kappa shape index (κ2) is 5.54. The quantitative estimate of drug-likeness (QED) is 0.816. The van der Waals surface area contributed by atoms with E-state index in [0.29, 0.717) is 36.4 Å². The van der Waals surface area contributed by atoms with Crippen molar-refractivity contribution >= 4 is 5.97 Å². The number of rotatable bonds is 4. The number of esters is 1. The van der Waals surface area contributed by atoms with Crippen molar-refractivity contribution in [3.05, 3.63) is 23.7 Å². The monoisotopic (exact) mass is 252 g/mol. The third kappa shape index (κ3) is 2.57. The molecule has 0 saturated carbocycles. The SMILES string of the molecule is COC(=O)c1ccoc1CN1CC(CN)CC1C. The minimum Gasteiger partial charge on any atom is -0.467 e. The summed E-state index contributed by atoms with van der Waals surface area (Å²) in [5.74, 6) is 0.865. The van der Waals surface area contributed by atoms with Crippen LogP contribution in [0, 0.1) is 5.92 Å². The highest BCUT2D eigenvalue weighted by atomic mass is 16.5. The first-order chi connectivity index (χ1) is 8.65. The van der Waals surface area contributed by atoms with Crippen LogP contribution < -0.4 is 5.73 Å². The zero-order valence-corrected chi connectivity index (χ0v) is 10.9. The summed E-state index contributed by atoms with van der Waals surface area (Å²) in [6, 6.07) is 2.12. The average Bonchev–Trinajstić information content (AvgIpc) is 2.96. The van der Waals surface area contributed by atoms with Crippen LogP contribution in [0.2, 0.25) is 0 Å². The molecule has 1 saturated heterocycles. The van der Waals surface area contributed by atoms with Crippen LogP contribution in [0.1, 0.15) is 29.5 Å². The van der Waals surface area contributed by atoms with Crippen molar-refractivity contribution in [3.8, 4) is 0 Å². The van der Waals surface area contributed by atoms with Gasteiger partial charge in [-0.25, -0.2) is 4.79 Å². The lowest BCUT2D eigenvalue weighted by molar-refractivity contribution is 0.0596. The fourth-order valence-corrected chi connectivity index (χ4v) is 2.55. The van der Waals surface area contributed by atoms with Gasteiger partial charge in [-0.3, -0.25) is 4.90 Å². The molecule has 2 N–H and O–H groups in total. The van der Waals surface area contributed by atoms with Gasteiger partial charge in [-0.15, -0.1) is 0 Å². The highest BCUT2D eigenvalue weighted by Crippen LogP contribution is 2.25. The van der Waals surface area contributed by atoms with E-state index < -0.39 is 0 Å². The van der Waals surface area contributed by atoms with E-state index >= 15 is 0 Å². The number of carbonyl (C=O) groups is 1. The smallest absolute Gasteiger partial charge is 0.341 e. The third-order valence-corrected chi connectivity index (χ3v) is 3.62. The van der Waals surface area contributed by atoms with E-state index in [1.165, 1.54) is 13.4 Å². The Bertz CT molecular complexity index is 416. The predicted molar refractivity (Wildman–Crippen MR) is 67.1 cm³/mol. The molecule has 0 aliphatic carbocycles. The minimum atomic E-state index is -0.346. The van der Waals surface area contributed by atoms with E-state index in [2.05, 4.69) is 11.8 Å². The van der Waals surface area contributed by atoms with Gasteiger partial charge in [0.2, 0.25) is 0 Å². The summed E-state index contributed by atoms with van der Waals surface area (Å²) in [6.07, 6.45) is 2.63. The molecule has 0 bridgehead atoms. The zero-order valence-electron chi connectivity index (χ0n) is 10.9. The molecule has 5 heteroatoms. The van der Waals surface area contributed by atoms with Crippen LogP contribution in [0.5, 0.6) is 0 Å². The topological polar surface area (TPSA) is 68.7 Å². The molecule has 0 amide bonds. The van der Waals surface area contributed by atoms with Crippen molar-refractivity contribution in [1.29, 1.82) is 0 Å². The van der Waals surface area contributed by atoms with Crippen LogP contribution in [-0.2, 0) is 11.3 Å². The molecule has 0 spiro atoms. The van der Waals surface area contributed by atoms with Gasteiger partial charge in [0.25, 0.3) is 0 Å². The van der Waals surface area contributed by atoms with Crippen molar-refractivity contribution in [1.82, 2.24) is 4.90 Å². The normalized spacial score (nSPS) is 24.4. The fraction of sp³-hybridized carbons (Fsp3) is 0.615. The second-order valence-corrected chi connectivity index (χ2v) is 4.86.